The van der Waals surface area contributed by atoms with Gasteiger partial charge in [-0.05, 0) is 44.1 Å². The fourth-order valence-corrected chi connectivity index (χ4v) is 2.43. The Labute approximate surface area is 112 Å². The fourth-order valence-electron chi connectivity index (χ4n) is 2.23. The molecule has 1 aromatic carbocycles. The molecule has 3 nitrogen and oxygen atoms in total. The second-order valence-electron chi connectivity index (χ2n) is 4.56. The molecule has 0 unspecified atom stereocenters. The van der Waals surface area contributed by atoms with Crippen LogP contribution >= 0.6 is 12.6 Å². The Kier molecular flexibility index (Phi) is 4.24. The van der Waals surface area contributed by atoms with E-state index in [2.05, 4.69) is 17.9 Å². The van der Waals surface area contributed by atoms with Gasteiger partial charge in [-0.15, -0.1) is 12.6 Å². The zero-order valence-corrected chi connectivity index (χ0v) is 11.2. The number of carbonyl (C=O) groups excluding carboxylic acids is 1. The van der Waals surface area contributed by atoms with Crippen molar-refractivity contribution in [2.45, 2.75) is 23.8 Å². The molecule has 0 bridgehead atoms. The molecule has 1 aliphatic rings. The van der Waals surface area contributed by atoms with Crippen molar-refractivity contribution >= 4 is 18.5 Å². The maximum absolute atomic E-state index is 13.7. The van der Waals surface area contributed by atoms with Crippen molar-refractivity contribution in [1.82, 2.24) is 10.2 Å². The van der Waals surface area contributed by atoms with E-state index in [1.165, 1.54) is 12.1 Å². The summed E-state index contributed by atoms with van der Waals surface area (Å²) in [4.78, 5) is 14.5. The summed E-state index contributed by atoms with van der Waals surface area (Å²) < 4.78 is 13.7. The standard InChI is InChI=1S/C13H17FN2OS/c1-16(9-4-6-15-7-5-9)13(17)11-8-10(18)2-3-12(11)14/h2-3,8-9,15,18H,4-7H2,1H3. The molecule has 18 heavy (non-hydrogen) atoms. The van der Waals surface area contributed by atoms with Gasteiger partial charge in [0.05, 0.1) is 5.56 Å². The van der Waals surface area contributed by atoms with Crippen LogP contribution in [0.15, 0.2) is 23.1 Å². The Morgan fingerprint density at radius 2 is 2.11 bits per heavy atom. The number of thiol groups is 1. The third-order valence-corrected chi connectivity index (χ3v) is 3.64. The molecule has 1 aromatic rings. The lowest BCUT2D eigenvalue weighted by molar-refractivity contribution is 0.0698. The molecule has 1 amide bonds. The van der Waals surface area contributed by atoms with Gasteiger partial charge in [0, 0.05) is 18.0 Å². The molecule has 0 radical (unpaired) electrons. The van der Waals surface area contributed by atoms with Gasteiger partial charge in [-0.2, -0.15) is 0 Å². The van der Waals surface area contributed by atoms with Gasteiger partial charge in [0.15, 0.2) is 0 Å². The molecule has 0 saturated carbocycles. The Morgan fingerprint density at radius 1 is 1.44 bits per heavy atom. The largest absolute Gasteiger partial charge is 0.339 e. The number of hydrogen-bond acceptors (Lipinski definition) is 3. The van der Waals surface area contributed by atoms with E-state index in [0.29, 0.717) is 4.90 Å². The summed E-state index contributed by atoms with van der Waals surface area (Å²) in [5, 5.41) is 3.24. The summed E-state index contributed by atoms with van der Waals surface area (Å²) >= 11 is 4.14. The fraction of sp³-hybridized carbons (Fsp3) is 0.462. The van der Waals surface area contributed by atoms with Crippen LogP contribution in [0.25, 0.3) is 0 Å². The van der Waals surface area contributed by atoms with E-state index in [1.54, 1.807) is 18.0 Å². The number of hydrogen-bond donors (Lipinski definition) is 2. The first-order chi connectivity index (χ1) is 8.59. The van der Waals surface area contributed by atoms with E-state index >= 15 is 0 Å². The maximum Gasteiger partial charge on any atom is 0.256 e. The molecule has 1 aliphatic heterocycles. The lowest BCUT2D eigenvalue weighted by atomic mass is 10.0. The molecule has 1 saturated heterocycles. The SMILES string of the molecule is CN(C(=O)c1cc(S)ccc1F)C1CCNCC1. The van der Waals surface area contributed by atoms with Crippen LogP contribution in [0, 0.1) is 5.82 Å². The second-order valence-corrected chi connectivity index (χ2v) is 5.08. The van der Waals surface area contributed by atoms with Crippen LogP contribution in [0.2, 0.25) is 0 Å². The number of halogens is 1. The molecule has 5 heteroatoms. The highest BCUT2D eigenvalue weighted by atomic mass is 32.1. The van der Waals surface area contributed by atoms with E-state index in [4.69, 9.17) is 0 Å². The van der Waals surface area contributed by atoms with Crippen molar-refractivity contribution < 1.29 is 9.18 Å². The van der Waals surface area contributed by atoms with Crippen molar-refractivity contribution in [2.75, 3.05) is 20.1 Å². The summed E-state index contributed by atoms with van der Waals surface area (Å²) in [6.07, 6.45) is 1.81. The molecule has 0 aliphatic carbocycles. The molecule has 2 rings (SSSR count). The number of carbonyl (C=O) groups is 1. The smallest absolute Gasteiger partial charge is 0.256 e. The first-order valence-corrected chi connectivity index (χ1v) is 6.50. The Balaban J connectivity index is 2.16. The van der Waals surface area contributed by atoms with Crippen LogP contribution in [0.1, 0.15) is 23.2 Å². The van der Waals surface area contributed by atoms with E-state index in [0.717, 1.165) is 25.9 Å². The summed E-state index contributed by atoms with van der Waals surface area (Å²) in [6.45, 7) is 1.80. The van der Waals surface area contributed by atoms with Gasteiger partial charge >= 0.3 is 0 Å². The number of rotatable bonds is 2. The van der Waals surface area contributed by atoms with E-state index < -0.39 is 5.82 Å². The van der Waals surface area contributed by atoms with E-state index in [9.17, 15) is 9.18 Å². The van der Waals surface area contributed by atoms with Crippen molar-refractivity contribution in [3.63, 3.8) is 0 Å². The minimum absolute atomic E-state index is 0.100. The molecule has 98 valence electrons. The lowest BCUT2D eigenvalue weighted by Crippen LogP contribution is -2.44. The normalized spacial score (nSPS) is 16.6. The minimum Gasteiger partial charge on any atom is -0.339 e. The van der Waals surface area contributed by atoms with Crippen molar-refractivity contribution in [2.24, 2.45) is 0 Å². The number of piperidine rings is 1. The topological polar surface area (TPSA) is 32.3 Å². The number of benzene rings is 1. The van der Waals surface area contributed by atoms with Crippen molar-refractivity contribution in [3.05, 3.63) is 29.6 Å². The number of nitrogens with zero attached hydrogens (tertiary/aromatic N) is 1. The van der Waals surface area contributed by atoms with Gasteiger partial charge in [-0.3, -0.25) is 4.79 Å². The maximum atomic E-state index is 13.7. The lowest BCUT2D eigenvalue weighted by Gasteiger charge is -2.31. The molecule has 0 spiro atoms. The zero-order chi connectivity index (χ0) is 13.1. The van der Waals surface area contributed by atoms with Crippen molar-refractivity contribution in [1.29, 1.82) is 0 Å². The average molecular weight is 268 g/mol. The van der Waals surface area contributed by atoms with Crippen LogP contribution in [0.5, 0.6) is 0 Å². The van der Waals surface area contributed by atoms with Crippen LogP contribution in [0.4, 0.5) is 4.39 Å². The monoisotopic (exact) mass is 268 g/mol. The predicted octanol–water partition coefficient (Wildman–Crippen LogP) is 1.94. The summed E-state index contributed by atoms with van der Waals surface area (Å²) in [6, 6.07) is 4.49. The molecule has 1 heterocycles. The van der Waals surface area contributed by atoms with E-state index in [1.807, 2.05) is 0 Å². The highest BCUT2D eigenvalue weighted by molar-refractivity contribution is 7.80. The van der Waals surface area contributed by atoms with Crippen LogP contribution in [-0.4, -0.2) is 37.0 Å². The van der Waals surface area contributed by atoms with Crippen LogP contribution in [-0.2, 0) is 0 Å². The predicted molar refractivity (Wildman–Crippen MR) is 71.6 cm³/mol. The summed E-state index contributed by atoms with van der Waals surface area (Å²) in [5.74, 6) is -0.756. The molecule has 0 aromatic heterocycles. The van der Waals surface area contributed by atoms with Gasteiger partial charge in [0.1, 0.15) is 5.82 Å². The Hall–Kier alpha value is -1.07. The van der Waals surface area contributed by atoms with Gasteiger partial charge in [-0.25, -0.2) is 4.39 Å². The van der Waals surface area contributed by atoms with Crippen LogP contribution < -0.4 is 5.32 Å². The average Bonchev–Trinajstić information content (AvgIpc) is 2.41. The second kappa shape index (κ2) is 5.71. The molecule has 1 fully saturated rings. The zero-order valence-electron chi connectivity index (χ0n) is 10.3. The molecule has 0 atom stereocenters. The first kappa shape index (κ1) is 13.4. The van der Waals surface area contributed by atoms with Gasteiger partial charge in [0.2, 0.25) is 0 Å². The van der Waals surface area contributed by atoms with Gasteiger partial charge in [0.25, 0.3) is 5.91 Å². The highest BCUT2D eigenvalue weighted by Gasteiger charge is 2.24. The molecular weight excluding hydrogens is 251 g/mol. The molecule has 1 N–H and O–H groups in total. The van der Waals surface area contributed by atoms with Crippen molar-refractivity contribution in [3.8, 4) is 0 Å². The Bertz CT molecular complexity index is 447. The minimum atomic E-state index is -0.487. The van der Waals surface area contributed by atoms with E-state index in [-0.39, 0.29) is 17.5 Å². The summed E-state index contributed by atoms with van der Waals surface area (Å²) in [7, 11) is 1.74. The highest BCUT2D eigenvalue weighted by Crippen LogP contribution is 2.18. The molecular formula is C13H17FN2OS. The Morgan fingerprint density at radius 3 is 2.78 bits per heavy atom. The van der Waals surface area contributed by atoms with Gasteiger partial charge < -0.3 is 10.2 Å². The third-order valence-electron chi connectivity index (χ3n) is 3.36. The summed E-state index contributed by atoms with van der Waals surface area (Å²) in [5.41, 5.74) is 0.100. The first-order valence-electron chi connectivity index (χ1n) is 6.06. The third kappa shape index (κ3) is 2.84. The van der Waals surface area contributed by atoms with Gasteiger partial charge in [-0.1, -0.05) is 0 Å². The number of nitrogens with one attached hydrogen (secondary N) is 1. The quantitative estimate of drug-likeness (QED) is 0.803. The van der Waals surface area contributed by atoms with Crippen LogP contribution in [0.3, 0.4) is 0 Å². The number of amides is 1.